The molecule has 0 unspecified atom stereocenters. The molecule has 0 saturated carbocycles. The number of amides is 1. The minimum Gasteiger partial charge on any atom is -0.369 e. The fraction of sp³-hybridized carbons (Fsp3) is 0. The van der Waals surface area contributed by atoms with Gasteiger partial charge in [-0.3, -0.25) is 10.1 Å². The van der Waals surface area contributed by atoms with Crippen molar-refractivity contribution in [1.29, 1.82) is 0 Å². The monoisotopic (exact) mass is 253 g/mol. The average molecular weight is 253 g/mol. The van der Waals surface area contributed by atoms with Gasteiger partial charge in [-0.2, -0.15) is 0 Å². The minimum absolute atomic E-state index is 0.131. The van der Waals surface area contributed by atoms with Gasteiger partial charge in [0.2, 0.25) is 5.96 Å². The summed E-state index contributed by atoms with van der Waals surface area (Å²) in [5.74, 6) is -0.150. The summed E-state index contributed by atoms with van der Waals surface area (Å²) in [5.41, 5.74) is 7.62. The second kappa shape index (κ2) is 4.41. The molecule has 6 heteroatoms. The number of benzene rings is 1. The van der Waals surface area contributed by atoms with Crippen molar-refractivity contribution in [3.05, 3.63) is 54.2 Å². The minimum atomic E-state index is -0.281. The Morgan fingerprint density at radius 1 is 1.26 bits per heavy atom. The molecule has 1 aromatic heterocycles. The van der Waals surface area contributed by atoms with E-state index in [4.69, 9.17) is 5.73 Å². The molecule has 2 heterocycles. The second-order valence-electron chi connectivity index (χ2n) is 4.04. The number of aliphatic imine (C=N–C) groups is 1. The molecule has 1 aromatic carbocycles. The summed E-state index contributed by atoms with van der Waals surface area (Å²) in [6.45, 7) is 0. The zero-order chi connectivity index (χ0) is 13.2. The van der Waals surface area contributed by atoms with Crippen molar-refractivity contribution in [2.24, 2.45) is 10.7 Å². The number of rotatable bonds is 2. The predicted molar refractivity (Wildman–Crippen MR) is 71.3 cm³/mol. The first-order chi connectivity index (χ1) is 9.22. The third-order valence-corrected chi connectivity index (χ3v) is 2.71. The molecule has 3 N–H and O–H groups in total. The van der Waals surface area contributed by atoms with Crippen LogP contribution in [0.15, 0.2) is 53.7 Å². The van der Waals surface area contributed by atoms with Crippen molar-refractivity contribution < 1.29 is 4.79 Å². The van der Waals surface area contributed by atoms with Gasteiger partial charge in [-0.15, -0.1) is 0 Å². The van der Waals surface area contributed by atoms with Gasteiger partial charge in [-0.25, -0.2) is 9.98 Å². The Labute approximate surface area is 109 Å². The zero-order valence-electron chi connectivity index (χ0n) is 9.95. The van der Waals surface area contributed by atoms with Crippen LogP contribution in [-0.4, -0.2) is 21.4 Å². The lowest BCUT2D eigenvalue weighted by Gasteiger charge is -2.02. The fourth-order valence-electron chi connectivity index (χ4n) is 1.80. The van der Waals surface area contributed by atoms with E-state index in [1.54, 1.807) is 18.6 Å². The van der Waals surface area contributed by atoms with Crippen molar-refractivity contribution in [2.75, 3.05) is 0 Å². The Balaban J connectivity index is 1.88. The lowest BCUT2D eigenvalue weighted by Crippen LogP contribution is -2.30. The number of carbonyl (C=O) groups is 1. The first-order valence-corrected chi connectivity index (χ1v) is 5.68. The maximum atomic E-state index is 11.5. The topological polar surface area (TPSA) is 85.3 Å². The van der Waals surface area contributed by atoms with Gasteiger partial charge in [0.1, 0.15) is 5.70 Å². The van der Waals surface area contributed by atoms with E-state index in [2.05, 4.69) is 15.3 Å². The number of hydrogen-bond donors (Lipinski definition) is 2. The summed E-state index contributed by atoms with van der Waals surface area (Å²) in [4.78, 5) is 19.4. The van der Waals surface area contributed by atoms with E-state index in [9.17, 15) is 4.79 Å². The van der Waals surface area contributed by atoms with E-state index >= 15 is 0 Å². The molecule has 6 nitrogen and oxygen atoms in total. The number of aromatic nitrogens is 2. The first kappa shape index (κ1) is 11.2. The summed E-state index contributed by atoms with van der Waals surface area (Å²) in [5, 5.41) is 2.43. The fourth-order valence-corrected chi connectivity index (χ4v) is 1.80. The Hall–Kier alpha value is -2.89. The number of hydrogen-bond acceptors (Lipinski definition) is 4. The highest BCUT2D eigenvalue weighted by atomic mass is 16.2. The third kappa shape index (κ3) is 2.23. The van der Waals surface area contributed by atoms with Crippen LogP contribution in [0.3, 0.4) is 0 Å². The van der Waals surface area contributed by atoms with Gasteiger partial charge in [0.25, 0.3) is 5.91 Å². The van der Waals surface area contributed by atoms with Gasteiger partial charge in [0, 0.05) is 18.1 Å². The number of nitrogens with zero attached hydrogens (tertiary/aromatic N) is 3. The van der Waals surface area contributed by atoms with E-state index < -0.39 is 0 Å². The highest BCUT2D eigenvalue weighted by molar-refractivity contribution is 6.13. The Morgan fingerprint density at radius 3 is 2.63 bits per heavy atom. The molecule has 94 valence electrons. The number of guanidine groups is 1. The van der Waals surface area contributed by atoms with Crippen LogP contribution in [0, 0.1) is 0 Å². The molecule has 1 aliphatic rings. The van der Waals surface area contributed by atoms with Crippen LogP contribution >= 0.6 is 0 Å². The second-order valence-corrected chi connectivity index (χ2v) is 4.04. The molecule has 3 rings (SSSR count). The van der Waals surface area contributed by atoms with Crippen LogP contribution in [0.25, 0.3) is 11.8 Å². The SMILES string of the molecule is NC1=N/C(=C/c2ccc(-n3ccnc3)cc2)C(=O)N1. The van der Waals surface area contributed by atoms with Crippen LogP contribution in [0.1, 0.15) is 5.56 Å². The quantitative estimate of drug-likeness (QED) is 0.771. The van der Waals surface area contributed by atoms with Crippen LogP contribution in [0.2, 0.25) is 0 Å². The molecule has 0 fully saturated rings. The lowest BCUT2D eigenvalue weighted by molar-refractivity contribution is -0.115. The van der Waals surface area contributed by atoms with Gasteiger partial charge in [-0.1, -0.05) is 12.1 Å². The molecule has 2 aromatic rings. The third-order valence-electron chi connectivity index (χ3n) is 2.71. The zero-order valence-corrected chi connectivity index (χ0v) is 9.95. The van der Waals surface area contributed by atoms with Gasteiger partial charge < -0.3 is 10.3 Å². The van der Waals surface area contributed by atoms with Crippen molar-refractivity contribution in [3.8, 4) is 5.69 Å². The van der Waals surface area contributed by atoms with Gasteiger partial charge in [0.15, 0.2) is 0 Å². The molecule has 1 aliphatic heterocycles. The molecule has 0 saturated heterocycles. The maximum Gasteiger partial charge on any atom is 0.276 e. The molecule has 0 atom stereocenters. The molecule has 0 radical (unpaired) electrons. The maximum absolute atomic E-state index is 11.5. The van der Waals surface area contributed by atoms with Gasteiger partial charge in [-0.05, 0) is 23.8 Å². The van der Waals surface area contributed by atoms with Crippen molar-refractivity contribution >= 4 is 17.9 Å². The molecular formula is C13H11N5O. The standard InChI is InChI=1S/C13H11N5O/c14-13-16-11(12(19)17-13)7-9-1-3-10(4-2-9)18-6-5-15-8-18/h1-8H,(H3,14,16,17,19)/b11-7+. The number of imidazole rings is 1. The molecule has 1 amide bonds. The summed E-state index contributed by atoms with van der Waals surface area (Å²) >= 11 is 0. The van der Waals surface area contributed by atoms with Crippen LogP contribution in [-0.2, 0) is 4.79 Å². The Morgan fingerprint density at radius 2 is 2.05 bits per heavy atom. The van der Waals surface area contributed by atoms with E-state index in [0.29, 0.717) is 5.70 Å². The smallest absolute Gasteiger partial charge is 0.276 e. The van der Waals surface area contributed by atoms with E-state index in [1.807, 2.05) is 35.0 Å². The number of nitrogens with two attached hydrogens (primary N) is 1. The van der Waals surface area contributed by atoms with Crippen LogP contribution < -0.4 is 11.1 Å². The highest BCUT2D eigenvalue weighted by Crippen LogP contribution is 2.14. The van der Waals surface area contributed by atoms with Crippen LogP contribution in [0.5, 0.6) is 0 Å². The normalized spacial score (nSPS) is 16.5. The summed E-state index contributed by atoms with van der Waals surface area (Å²) in [6.07, 6.45) is 6.99. The van der Waals surface area contributed by atoms with E-state index in [1.165, 1.54) is 0 Å². The first-order valence-electron chi connectivity index (χ1n) is 5.68. The highest BCUT2D eigenvalue weighted by Gasteiger charge is 2.17. The van der Waals surface area contributed by atoms with Crippen molar-refractivity contribution in [3.63, 3.8) is 0 Å². The number of carbonyl (C=O) groups excluding carboxylic acids is 1. The predicted octanol–water partition coefficient (Wildman–Crippen LogP) is 0.658. The van der Waals surface area contributed by atoms with Crippen molar-refractivity contribution in [2.45, 2.75) is 0 Å². The number of nitrogens with one attached hydrogen (secondary N) is 1. The molecule has 0 spiro atoms. The molecule has 0 bridgehead atoms. The Kier molecular flexibility index (Phi) is 2.60. The van der Waals surface area contributed by atoms with Crippen molar-refractivity contribution in [1.82, 2.24) is 14.9 Å². The van der Waals surface area contributed by atoms with Crippen LogP contribution in [0.4, 0.5) is 0 Å². The Bertz CT molecular complexity index is 668. The molecule has 0 aliphatic carbocycles. The summed E-state index contributed by atoms with van der Waals surface area (Å²) < 4.78 is 1.90. The summed E-state index contributed by atoms with van der Waals surface area (Å²) in [7, 11) is 0. The summed E-state index contributed by atoms with van der Waals surface area (Å²) in [6, 6.07) is 7.68. The largest absolute Gasteiger partial charge is 0.369 e. The molecular weight excluding hydrogens is 242 g/mol. The average Bonchev–Trinajstić information content (AvgIpc) is 3.01. The van der Waals surface area contributed by atoms with Gasteiger partial charge in [0.05, 0.1) is 6.33 Å². The molecule has 19 heavy (non-hydrogen) atoms. The van der Waals surface area contributed by atoms with Gasteiger partial charge >= 0.3 is 0 Å². The van der Waals surface area contributed by atoms with E-state index in [-0.39, 0.29) is 11.9 Å². The lowest BCUT2D eigenvalue weighted by atomic mass is 10.1. The van der Waals surface area contributed by atoms with E-state index in [0.717, 1.165) is 11.3 Å².